The minimum atomic E-state index is -0.474. The molecule has 3 rings (SSSR count). The fourth-order valence-electron chi connectivity index (χ4n) is 2.09. The molecule has 0 bridgehead atoms. The zero-order chi connectivity index (χ0) is 13.6. The van der Waals surface area contributed by atoms with Gasteiger partial charge in [0.05, 0.1) is 16.8 Å². The second kappa shape index (κ2) is 4.41. The zero-order valence-corrected chi connectivity index (χ0v) is 11.7. The quantitative estimate of drug-likeness (QED) is 0.574. The van der Waals surface area contributed by atoms with Crippen molar-refractivity contribution in [3.05, 3.63) is 63.0 Å². The minimum absolute atomic E-state index is 0.260. The van der Waals surface area contributed by atoms with E-state index in [4.69, 9.17) is 0 Å². The van der Waals surface area contributed by atoms with Crippen molar-refractivity contribution in [1.29, 1.82) is 0 Å². The molecule has 1 heterocycles. The molecule has 0 saturated carbocycles. The van der Waals surface area contributed by atoms with E-state index >= 15 is 0 Å². The molecule has 0 N–H and O–H groups in total. The summed E-state index contributed by atoms with van der Waals surface area (Å²) >= 11 is 1.94. The third-order valence-corrected chi connectivity index (χ3v) is 3.52. The van der Waals surface area contributed by atoms with Gasteiger partial charge in [-0.2, -0.15) is 0 Å². The highest BCUT2D eigenvalue weighted by Gasteiger charge is 2.36. The van der Waals surface area contributed by atoms with Gasteiger partial charge < -0.3 is 0 Å². The molecule has 2 amide bonds. The Labute approximate surface area is 122 Å². The van der Waals surface area contributed by atoms with Crippen LogP contribution in [0.25, 0.3) is 0 Å². The van der Waals surface area contributed by atoms with Crippen molar-refractivity contribution in [2.24, 2.45) is 0 Å². The highest BCUT2D eigenvalue weighted by molar-refractivity contribution is 14.1. The lowest BCUT2D eigenvalue weighted by Crippen LogP contribution is -2.29. The van der Waals surface area contributed by atoms with Gasteiger partial charge in [0.25, 0.3) is 11.8 Å². The summed E-state index contributed by atoms with van der Waals surface area (Å²) in [6.45, 7) is 0. The maximum absolute atomic E-state index is 13.4. The highest BCUT2D eigenvalue weighted by atomic mass is 127. The van der Waals surface area contributed by atoms with Crippen LogP contribution in [-0.4, -0.2) is 11.8 Å². The van der Waals surface area contributed by atoms with Crippen molar-refractivity contribution in [2.45, 2.75) is 0 Å². The van der Waals surface area contributed by atoms with Crippen molar-refractivity contribution in [1.82, 2.24) is 0 Å². The molecule has 5 heteroatoms. The van der Waals surface area contributed by atoms with E-state index in [0.29, 0.717) is 14.7 Å². The maximum atomic E-state index is 13.4. The second-order valence-corrected chi connectivity index (χ2v) is 5.36. The van der Waals surface area contributed by atoms with Crippen LogP contribution in [0.2, 0.25) is 0 Å². The van der Waals surface area contributed by atoms with Gasteiger partial charge in [0.2, 0.25) is 0 Å². The number of hydrogen-bond acceptors (Lipinski definition) is 2. The lowest BCUT2D eigenvalue weighted by Gasteiger charge is -2.14. The maximum Gasteiger partial charge on any atom is 0.266 e. The van der Waals surface area contributed by atoms with Gasteiger partial charge in [-0.15, -0.1) is 0 Å². The Morgan fingerprint density at radius 2 is 1.53 bits per heavy atom. The molecule has 1 aliphatic heterocycles. The van der Waals surface area contributed by atoms with Crippen LogP contribution in [0.1, 0.15) is 20.7 Å². The third kappa shape index (κ3) is 1.94. The Bertz CT molecular complexity index is 659. The molecular formula is C14H7FINO2. The monoisotopic (exact) mass is 367 g/mol. The van der Waals surface area contributed by atoms with Gasteiger partial charge in [-0.25, -0.2) is 9.29 Å². The molecule has 0 aromatic heterocycles. The second-order valence-electron chi connectivity index (χ2n) is 4.12. The van der Waals surface area contributed by atoms with E-state index in [0.717, 1.165) is 4.90 Å². The molecule has 0 unspecified atom stereocenters. The van der Waals surface area contributed by atoms with Crippen LogP contribution in [0.5, 0.6) is 0 Å². The fraction of sp³-hybridized carbons (Fsp3) is 0. The molecule has 2 aromatic carbocycles. The van der Waals surface area contributed by atoms with Crippen LogP contribution in [-0.2, 0) is 0 Å². The number of anilines is 1. The first kappa shape index (κ1) is 12.3. The SMILES string of the molecule is O=C1c2ccccc2C(=O)N1c1cc(F)cc(I)c1. The van der Waals surface area contributed by atoms with Crippen molar-refractivity contribution in [2.75, 3.05) is 4.90 Å². The topological polar surface area (TPSA) is 37.4 Å². The predicted molar refractivity (Wildman–Crippen MR) is 76.7 cm³/mol. The van der Waals surface area contributed by atoms with Gasteiger partial charge in [0.1, 0.15) is 5.82 Å². The molecule has 0 radical (unpaired) electrons. The Kier molecular flexibility index (Phi) is 2.85. The molecular weight excluding hydrogens is 360 g/mol. The van der Waals surface area contributed by atoms with Crippen LogP contribution in [0.4, 0.5) is 10.1 Å². The smallest absolute Gasteiger partial charge is 0.266 e. The van der Waals surface area contributed by atoms with Crippen molar-refractivity contribution in [3.8, 4) is 0 Å². The number of fused-ring (bicyclic) bond motifs is 1. The van der Waals surface area contributed by atoms with E-state index in [1.165, 1.54) is 12.1 Å². The number of imide groups is 1. The van der Waals surface area contributed by atoms with Crippen molar-refractivity contribution < 1.29 is 14.0 Å². The lowest BCUT2D eigenvalue weighted by molar-refractivity contribution is 0.0926. The Morgan fingerprint density at radius 1 is 0.947 bits per heavy atom. The van der Waals surface area contributed by atoms with Gasteiger partial charge in [-0.1, -0.05) is 12.1 Å². The number of hydrogen-bond donors (Lipinski definition) is 0. The summed E-state index contributed by atoms with van der Waals surface area (Å²) in [5, 5.41) is 0. The van der Waals surface area contributed by atoms with Crippen LogP contribution in [0.15, 0.2) is 42.5 Å². The summed E-state index contributed by atoms with van der Waals surface area (Å²) in [5.41, 5.74) is 0.967. The summed E-state index contributed by atoms with van der Waals surface area (Å²) in [6.07, 6.45) is 0. The van der Waals surface area contributed by atoms with Crippen LogP contribution < -0.4 is 4.90 Å². The summed E-state index contributed by atoms with van der Waals surface area (Å²) < 4.78 is 14.0. The Morgan fingerprint density at radius 3 is 2.05 bits per heavy atom. The summed E-state index contributed by atoms with van der Waals surface area (Å²) in [6, 6.07) is 10.7. The number of amides is 2. The Hall–Kier alpha value is -1.76. The van der Waals surface area contributed by atoms with Gasteiger partial charge >= 0.3 is 0 Å². The normalized spacial score (nSPS) is 13.9. The van der Waals surface area contributed by atoms with E-state index in [1.807, 2.05) is 22.6 Å². The summed E-state index contributed by atoms with van der Waals surface area (Å²) in [7, 11) is 0. The number of carbonyl (C=O) groups is 2. The third-order valence-electron chi connectivity index (χ3n) is 2.90. The number of rotatable bonds is 1. The van der Waals surface area contributed by atoms with Crippen LogP contribution in [0, 0.1) is 9.39 Å². The first-order chi connectivity index (χ1) is 9.08. The predicted octanol–water partition coefficient (Wildman–Crippen LogP) is 3.23. The molecule has 2 aromatic rings. The molecule has 0 atom stereocenters. The van der Waals surface area contributed by atoms with Crippen molar-refractivity contribution >= 4 is 40.1 Å². The van der Waals surface area contributed by atoms with Crippen molar-refractivity contribution in [3.63, 3.8) is 0 Å². The summed E-state index contributed by atoms with van der Waals surface area (Å²) in [5.74, 6) is -1.30. The first-order valence-electron chi connectivity index (χ1n) is 5.52. The molecule has 0 aliphatic carbocycles. The van der Waals surface area contributed by atoms with Crippen LogP contribution in [0.3, 0.4) is 0 Å². The van der Waals surface area contributed by atoms with E-state index in [1.54, 1.807) is 30.3 Å². The minimum Gasteiger partial charge on any atom is -0.268 e. The van der Waals surface area contributed by atoms with E-state index in [2.05, 4.69) is 0 Å². The molecule has 0 saturated heterocycles. The molecule has 0 fully saturated rings. The molecule has 3 nitrogen and oxygen atoms in total. The average Bonchev–Trinajstić information content (AvgIpc) is 2.61. The van der Waals surface area contributed by atoms with E-state index in [9.17, 15) is 14.0 Å². The van der Waals surface area contributed by atoms with Gasteiger partial charge in [0.15, 0.2) is 0 Å². The Balaban J connectivity index is 2.14. The molecule has 94 valence electrons. The van der Waals surface area contributed by atoms with Gasteiger partial charge in [-0.3, -0.25) is 9.59 Å². The van der Waals surface area contributed by atoms with Gasteiger partial charge in [-0.05, 0) is 52.9 Å². The number of halogens is 2. The highest BCUT2D eigenvalue weighted by Crippen LogP contribution is 2.29. The van der Waals surface area contributed by atoms with Crippen LogP contribution >= 0.6 is 22.6 Å². The van der Waals surface area contributed by atoms with E-state index in [-0.39, 0.29) is 5.69 Å². The molecule has 1 aliphatic rings. The number of benzene rings is 2. The first-order valence-corrected chi connectivity index (χ1v) is 6.60. The largest absolute Gasteiger partial charge is 0.268 e. The molecule has 0 spiro atoms. The fourth-order valence-corrected chi connectivity index (χ4v) is 2.71. The standard InChI is InChI=1S/C14H7FINO2/c15-8-5-9(16)7-10(6-8)17-13(18)11-3-1-2-4-12(11)14(17)19/h1-7H. The van der Waals surface area contributed by atoms with Gasteiger partial charge in [0, 0.05) is 3.57 Å². The number of carbonyl (C=O) groups excluding carboxylic acids is 2. The van der Waals surface area contributed by atoms with E-state index < -0.39 is 17.6 Å². The zero-order valence-electron chi connectivity index (χ0n) is 9.56. The average molecular weight is 367 g/mol. The summed E-state index contributed by atoms with van der Waals surface area (Å²) in [4.78, 5) is 25.4. The number of nitrogens with zero attached hydrogens (tertiary/aromatic N) is 1. The molecule has 19 heavy (non-hydrogen) atoms. The lowest BCUT2D eigenvalue weighted by atomic mass is 10.1.